The molecule has 1 aliphatic rings. The van der Waals surface area contributed by atoms with Crippen molar-refractivity contribution in [1.82, 2.24) is 4.57 Å². The van der Waals surface area contributed by atoms with Gasteiger partial charge in [0, 0.05) is 34.6 Å². The smallest absolute Gasteiger partial charge is 0.243 e. The highest BCUT2D eigenvalue weighted by Gasteiger charge is 2.34. The molecule has 0 bridgehead atoms. The standard InChI is InChI=1S/C24H40N4Si2/c1-17(30(6,7)8)21-13-20(14-22(23(21)25)24(3,4)18(2)29)27-10-9-19(15-27)28-12-11-26(5)16-28/h11-14,16-19H,9-10,15,25H2,1-8H3/q+1. The Morgan fingerprint density at radius 2 is 1.90 bits per heavy atom. The van der Waals surface area contributed by atoms with Gasteiger partial charge in [-0.15, -0.1) is 0 Å². The van der Waals surface area contributed by atoms with Crippen molar-refractivity contribution in [2.75, 3.05) is 23.7 Å². The lowest BCUT2D eigenvalue weighted by Crippen LogP contribution is -2.32. The summed E-state index contributed by atoms with van der Waals surface area (Å²) in [6.45, 7) is 18.7. The lowest BCUT2D eigenvalue weighted by Gasteiger charge is -2.36. The van der Waals surface area contributed by atoms with E-state index in [-0.39, 0.29) is 5.41 Å². The summed E-state index contributed by atoms with van der Waals surface area (Å²) in [5, 5.41) is 0. The minimum atomic E-state index is -1.39. The number of imidazole rings is 1. The second kappa shape index (κ2) is 8.19. The van der Waals surface area contributed by atoms with Gasteiger partial charge in [-0.2, -0.15) is 0 Å². The molecule has 163 valence electrons. The van der Waals surface area contributed by atoms with Crippen molar-refractivity contribution in [3.8, 4) is 0 Å². The van der Waals surface area contributed by atoms with Crippen LogP contribution in [0.3, 0.4) is 0 Å². The van der Waals surface area contributed by atoms with E-state index in [0.717, 1.165) is 18.8 Å². The molecule has 0 spiro atoms. The van der Waals surface area contributed by atoms with E-state index >= 15 is 0 Å². The zero-order valence-corrected chi connectivity index (χ0v) is 22.2. The maximum absolute atomic E-state index is 6.87. The Balaban J connectivity index is 2.04. The molecule has 1 aromatic heterocycles. The van der Waals surface area contributed by atoms with Crippen molar-refractivity contribution in [1.29, 1.82) is 0 Å². The van der Waals surface area contributed by atoms with Crippen LogP contribution in [0.15, 0.2) is 30.9 Å². The predicted molar refractivity (Wildman–Crippen MR) is 132 cm³/mol. The van der Waals surface area contributed by atoms with Gasteiger partial charge in [0.15, 0.2) is 0 Å². The summed E-state index contributed by atoms with van der Waals surface area (Å²) < 4.78 is 4.48. The van der Waals surface area contributed by atoms with Gasteiger partial charge in [-0.3, -0.25) is 0 Å². The van der Waals surface area contributed by atoms with Crippen LogP contribution in [0.2, 0.25) is 25.2 Å². The third kappa shape index (κ3) is 4.40. The number of rotatable bonds is 6. The fourth-order valence-electron chi connectivity index (χ4n) is 4.34. The quantitative estimate of drug-likeness (QED) is 0.405. The number of benzene rings is 1. The van der Waals surface area contributed by atoms with Gasteiger partial charge in [-0.25, -0.2) is 9.13 Å². The number of nitrogen functional groups attached to an aromatic ring is 1. The van der Waals surface area contributed by atoms with Crippen LogP contribution >= 0.6 is 0 Å². The Bertz CT molecular complexity index is 895. The molecule has 2 N–H and O–H groups in total. The van der Waals surface area contributed by atoms with Crippen molar-refractivity contribution in [3.63, 3.8) is 0 Å². The molecule has 4 nitrogen and oxygen atoms in total. The van der Waals surface area contributed by atoms with Gasteiger partial charge in [0.25, 0.3) is 0 Å². The number of aryl methyl sites for hydroxylation is 1. The Morgan fingerprint density at radius 3 is 2.43 bits per heavy atom. The molecular formula is C24H40N4Si2+. The molecule has 2 aromatic rings. The van der Waals surface area contributed by atoms with Crippen LogP contribution in [-0.2, 0) is 12.5 Å². The van der Waals surface area contributed by atoms with Gasteiger partial charge < -0.3 is 10.6 Å². The zero-order chi connectivity index (χ0) is 22.4. The fourth-order valence-corrected chi connectivity index (χ4v) is 5.67. The maximum atomic E-state index is 6.87. The van der Waals surface area contributed by atoms with Crippen LogP contribution in [0.25, 0.3) is 0 Å². The second-order valence-corrected chi connectivity index (χ2v) is 17.4. The second-order valence-electron chi connectivity index (χ2n) is 10.9. The molecule has 1 aromatic carbocycles. The van der Waals surface area contributed by atoms with Gasteiger partial charge in [-0.1, -0.05) is 47.3 Å². The van der Waals surface area contributed by atoms with E-state index in [1.807, 2.05) is 0 Å². The molecule has 30 heavy (non-hydrogen) atoms. The van der Waals surface area contributed by atoms with E-state index in [0.29, 0.717) is 17.1 Å². The summed E-state index contributed by atoms with van der Waals surface area (Å²) in [7, 11) is 4.61. The molecule has 2 heterocycles. The minimum absolute atomic E-state index is 0.0435. The molecule has 1 aliphatic heterocycles. The lowest BCUT2D eigenvalue weighted by atomic mass is 9.79. The molecule has 0 amide bonds. The first-order valence-electron chi connectivity index (χ1n) is 11.2. The highest BCUT2D eigenvalue weighted by atomic mass is 28.3. The van der Waals surface area contributed by atoms with Crippen LogP contribution in [-0.4, -0.2) is 36.0 Å². The molecule has 0 saturated carbocycles. The van der Waals surface area contributed by atoms with E-state index in [9.17, 15) is 0 Å². The number of hydrogen-bond donors (Lipinski definition) is 1. The molecule has 3 unspecified atom stereocenters. The minimum Gasteiger partial charge on any atom is -0.398 e. The first-order chi connectivity index (χ1) is 13.8. The molecule has 0 aliphatic carbocycles. The van der Waals surface area contributed by atoms with E-state index in [4.69, 9.17) is 5.73 Å². The van der Waals surface area contributed by atoms with E-state index in [1.54, 1.807) is 0 Å². The average molecular weight is 441 g/mol. The molecule has 3 radical (unpaired) electrons. The largest absolute Gasteiger partial charge is 0.398 e. The zero-order valence-electron chi connectivity index (χ0n) is 20.2. The first kappa shape index (κ1) is 23.1. The van der Waals surface area contributed by atoms with Gasteiger partial charge in [0.05, 0.1) is 21.7 Å². The molecular weight excluding hydrogens is 400 g/mol. The third-order valence-corrected chi connectivity index (χ3v) is 11.1. The summed E-state index contributed by atoms with van der Waals surface area (Å²) >= 11 is 0. The first-order valence-corrected chi connectivity index (χ1v) is 15.4. The molecule has 6 heteroatoms. The molecule has 3 atom stereocenters. The summed E-state index contributed by atoms with van der Waals surface area (Å²) in [5.41, 5.74) is 12.6. The highest BCUT2D eigenvalue weighted by molar-refractivity contribution is 6.77. The Labute approximate surface area is 187 Å². The normalized spacial score (nSPS) is 19.9. The Kier molecular flexibility index (Phi) is 6.31. The Morgan fingerprint density at radius 1 is 1.23 bits per heavy atom. The number of aromatic nitrogens is 2. The lowest BCUT2D eigenvalue weighted by molar-refractivity contribution is -0.671. The number of nitrogens with two attached hydrogens (primary N) is 1. The summed E-state index contributed by atoms with van der Waals surface area (Å²) in [6, 6.07) is 5.28. The van der Waals surface area contributed by atoms with Gasteiger partial charge in [-0.05, 0) is 39.8 Å². The molecule has 1 fully saturated rings. The van der Waals surface area contributed by atoms with Crippen molar-refractivity contribution >= 4 is 29.7 Å². The third-order valence-electron chi connectivity index (χ3n) is 7.48. The van der Waals surface area contributed by atoms with Crippen LogP contribution in [0.5, 0.6) is 0 Å². The Hall–Kier alpha value is -1.54. The SMILES string of the molecule is CC([Si])C(C)(C)c1cc(N2CCC(n3cc[n+](C)c3)C2)cc(C(C)[Si](C)(C)C)c1N. The van der Waals surface area contributed by atoms with Crippen molar-refractivity contribution in [2.45, 2.75) is 76.3 Å². The number of anilines is 2. The van der Waals surface area contributed by atoms with Crippen molar-refractivity contribution < 1.29 is 4.57 Å². The number of hydrogen-bond acceptors (Lipinski definition) is 2. The topological polar surface area (TPSA) is 38.1 Å². The molecule has 1 saturated heterocycles. The van der Waals surface area contributed by atoms with E-state index in [1.165, 1.54) is 23.2 Å². The fraction of sp³-hybridized carbons (Fsp3) is 0.625. The van der Waals surface area contributed by atoms with Gasteiger partial charge in [0.2, 0.25) is 6.33 Å². The molecule has 3 rings (SSSR count). The number of nitrogens with zero attached hydrogens (tertiary/aromatic N) is 3. The van der Waals surface area contributed by atoms with Crippen LogP contribution in [0, 0.1) is 0 Å². The monoisotopic (exact) mass is 440 g/mol. The summed E-state index contributed by atoms with van der Waals surface area (Å²) in [4.78, 5) is 2.56. The van der Waals surface area contributed by atoms with Gasteiger partial charge >= 0.3 is 0 Å². The van der Waals surface area contributed by atoms with Crippen LogP contribution < -0.4 is 15.2 Å². The summed E-state index contributed by atoms with van der Waals surface area (Å²) in [5.74, 6) is 0. The highest BCUT2D eigenvalue weighted by Crippen LogP contribution is 2.44. The van der Waals surface area contributed by atoms with Gasteiger partial charge in [0.1, 0.15) is 18.4 Å². The average Bonchev–Trinajstić information content (AvgIpc) is 3.29. The predicted octanol–water partition coefficient (Wildman–Crippen LogP) is 4.58. The van der Waals surface area contributed by atoms with E-state index < -0.39 is 8.07 Å². The summed E-state index contributed by atoms with van der Waals surface area (Å²) in [6.07, 6.45) is 7.68. The maximum Gasteiger partial charge on any atom is 0.243 e. The van der Waals surface area contributed by atoms with Crippen molar-refractivity contribution in [2.24, 2.45) is 7.05 Å². The van der Waals surface area contributed by atoms with Crippen molar-refractivity contribution in [3.05, 3.63) is 42.0 Å². The van der Waals surface area contributed by atoms with Crippen LogP contribution in [0.4, 0.5) is 11.4 Å². The van der Waals surface area contributed by atoms with Crippen LogP contribution in [0.1, 0.15) is 56.8 Å². The van der Waals surface area contributed by atoms with E-state index in [2.05, 4.69) is 110 Å².